The minimum absolute atomic E-state index is 0.0216. The van der Waals surface area contributed by atoms with Crippen LogP contribution in [0.3, 0.4) is 0 Å². The molecule has 0 fully saturated rings. The normalized spacial score (nSPS) is 12.3. The summed E-state index contributed by atoms with van der Waals surface area (Å²) < 4.78 is 3.21. The molecular formula is C24H24N4O2S. The van der Waals surface area contributed by atoms with Crippen molar-refractivity contribution in [2.45, 2.75) is 45.0 Å². The van der Waals surface area contributed by atoms with Crippen molar-refractivity contribution in [3.05, 3.63) is 87.0 Å². The Bertz CT molecular complexity index is 1370. The van der Waals surface area contributed by atoms with E-state index in [1.807, 2.05) is 71.0 Å². The van der Waals surface area contributed by atoms with E-state index in [9.17, 15) is 9.59 Å². The number of hydrogen-bond donors (Lipinski definition) is 0. The highest BCUT2D eigenvalue weighted by Gasteiger charge is 2.21. The number of Topliss-reactive ketones (excluding diaryl/α,β-unsaturated/α-hetero) is 1. The molecule has 1 unspecified atom stereocenters. The number of hydrogen-bond acceptors (Lipinski definition) is 5. The van der Waals surface area contributed by atoms with Crippen LogP contribution in [0, 0.1) is 27.7 Å². The lowest BCUT2D eigenvalue weighted by molar-refractivity contribution is 0.0993. The van der Waals surface area contributed by atoms with Crippen molar-refractivity contribution in [1.29, 1.82) is 0 Å². The lowest BCUT2D eigenvalue weighted by Gasteiger charge is -2.11. The zero-order valence-electron chi connectivity index (χ0n) is 18.2. The molecule has 0 saturated heterocycles. The minimum Gasteiger partial charge on any atom is -0.293 e. The summed E-state index contributed by atoms with van der Waals surface area (Å²) >= 11 is 1.30. The molecule has 0 bridgehead atoms. The van der Waals surface area contributed by atoms with Crippen molar-refractivity contribution in [2.24, 2.45) is 0 Å². The zero-order chi connectivity index (χ0) is 22.3. The number of carbonyl (C=O) groups excluding carboxylic acids is 1. The summed E-state index contributed by atoms with van der Waals surface area (Å²) in [6.45, 7) is 9.92. The zero-order valence-corrected chi connectivity index (χ0v) is 19.0. The monoisotopic (exact) mass is 432 g/mol. The summed E-state index contributed by atoms with van der Waals surface area (Å²) in [6, 6.07) is 11.6. The molecule has 7 heteroatoms. The number of fused-ring (bicyclic) bond motifs is 1. The third-order valence-corrected chi connectivity index (χ3v) is 6.71. The Balaban J connectivity index is 1.64. The first-order valence-electron chi connectivity index (χ1n) is 10.1. The average Bonchev–Trinajstić information content (AvgIpc) is 3.15. The molecule has 0 spiro atoms. The van der Waals surface area contributed by atoms with E-state index in [1.54, 1.807) is 21.4 Å². The van der Waals surface area contributed by atoms with E-state index in [4.69, 9.17) is 0 Å². The molecule has 2 aromatic heterocycles. The van der Waals surface area contributed by atoms with Crippen LogP contribution in [0.2, 0.25) is 0 Å². The SMILES string of the molecule is Cc1ccc(C(=O)C(C)Sc2nnc3c(=O)n(-c4ccc(C)c(C)c4)ccn23)cc1C. The first-order chi connectivity index (χ1) is 14.8. The number of aryl methyl sites for hydroxylation is 4. The van der Waals surface area contributed by atoms with Gasteiger partial charge in [-0.25, -0.2) is 0 Å². The third kappa shape index (κ3) is 3.93. The van der Waals surface area contributed by atoms with Crippen LogP contribution >= 0.6 is 11.8 Å². The van der Waals surface area contributed by atoms with Gasteiger partial charge >= 0.3 is 5.56 Å². The smallest absolute Gasteiger partial charge is 0.293 e. The van der Waals surface area contributed by atoms with Crippen molar-refractivity contribution >= 4 is 23.2 Å². The first kappa shape index (κ1) is 21.1. The summed E-state index contributed by atoms with van der Waals surface area (Å²) in [7, 11) is 0. The number of aromatic nitrogens is 4. The Morgan fingerprint density at radius 3 is 2.26 bits per heavy atom. The summed E-state index contributed by atoms with van der Waals surface area (Å²) in [6.07, 6.45) is 3.48. The van der Waals surface area contributed by atoms with E-state index < -0.39 is 0 Å². The van der Waals surface area contributed by atoms with Crippen molar-refractivity contribution < 1.29 is 4.79 Å². The van der Waals surface area contributed by atoms with E-state index in [0.29, 0.717) is 10.7 Å². The lowest BCUT2D eigenvalue weighted by Crippen LogP contribution is -2.20. The number of nitrogens with zero attached hydrogens (tertiary/aromatic N) is 4. The maximum atomic E-state index is 13.0. The predicted octanol–water partition coefficient (Wildman–Crippen LogP) is 4.48. The highest BCUT2D eigenvalue weighted by molar-refractivity contribution is 8.00. The number of benzene rings is 2. The van der Waals surface area contributed by atoms with Crippen molar-refractivity contribution in [3.63, 3.8) is 0 Å². The predicted molar refractivity (Wildman–Crippen MR) is 124 cm³/mol. The van der Waals surface area contributed by atoms with Gasteiger partial charge in [0, 0.05) is 23.6 Å². The number of rotatable bonds is 5. The molecule has 2 aromatic carbocycles. The van der Waals surface area contributed by atoms with Gasteiger partial charge in [-0.2, -0.15) is 0 Å². The number of carbonyl (C=O) groups is 1. The van der Waals surface area contributed by atoms with Crippen molar-refractivity contribution in [2.75, 3.05) is 0 Å². The van der Waals surface area contributed by atoms with Gasteiger partial charge in [0.05, 0.1) is 5.25 Å². The van der Waals surface area contributed by atoms with Crippen LogP contribution in [0.15, 0.2) is 58.7 Å². The molecule has 2 heterocycles. The van der Waals surface area contributed by atoms with Crippen molar-refractivity contribution in [3.8, 4) is 5.69 Å². The van der Waals surface area contributed by atoms with Gasteiger partial charge in [-0.05, 0) is 75.1 Å². The summed E-state index contributed by atoms with van der Waals surface area (Å²) in [4.78, 5) is 25.9. The van der Waals surface area contributed by atoms with Crippen molar-refractivity contribution in [1.82, 2.24) is 19.2 Å². The highest BCUT2D eigenvalue weighted by Crippen LogP contribution is 2.25. The molecular weight excluding hydrogens is 408 g/mol. The van der Waals surface area contributed by atoms with Gasteiger partial charge in [0.1, 0.15) is 0 Å². The maximum Gasteiger partial charge on any atom is 0.300 e. The van der Waals surface area contributed by atoms with Gasteiger partial charge in [0.15, 0.2) is 10.9 Å². The molecule has 4 rings (SSSR count). The molecule has 0 N–H and O–H groups in total. The second-order valence-electron chi connectivity index (χ2n) is 7.84. The molecule has 0 amide bonds. The third-order valence-electron chi connectivity index (χ3n) is 5.65. The van der Waals surface area contributed by atoms with E-state index in [0.717, 1.165) is 22.4 Å². The molecule has 0 aliphatic carbocycles. The maximum absolute atomic E-state index is 13.0. The fraction of sp³-hybridized carbons (Fsp3) is 0.250. The van der Waals surface area contributed by atoms with Gasteiger partial charge < -0.3 is 0 Å². The standard InChI is InChI=1S/C24H24N4O2S/c1-14-6-8-19(12-16(14)3)21(29)18(5)31-24-26-25-22-23(30)27(10-11-28(22)24)20-9-7-15(2)17(4)13-20/h6-13,18H,1-5H3. The van der Waals surface area contributed by atoms with Crippen LogP contribution in [0.1, 0.15) is 39.5 Å². The van der Waals surface area contributed by atoms with E-state index in [-0.39, 0.29) is 22.2 Å². The topological polar surface area (TPSA) is 69.3 Å². The molecule has 0 aliphatic rings. The quantitative estimate of drug-likeness (QED) is 0.344. The largest absolute Gasteiger partial charge is 0.300 e. The summed E-state index contributed by atoms with van der Waals surface area (Å²) in [5, 5.41) is 8.44. The second-order valence-corrected chi connectivity index (χ2v) is 9.15. The summed E-state index contributed by atoms with van der Waals surface area (Å²) in [5.74, 6) is 0.0216. The van der Waals surface area contributed by atoms with Gasteiger partial charge in [-0.1, -0.05) is 30.0 Å². The number of ketones is 1. The number of thioether (sulfide) groups is 1. The Kier molecular flexibility index (Phi) is 5.54. The fourth-order valence-corrected chi connectivity index (χ4v) is 4.27. The molecule has 0 radical (unpaired) electrons. The highest BCUT2D eigenvalue weighted by atomic mass is 32.2. The Morgan fingerprint density at radius 2 is 1.58 bits per heavy atom. The van der Waals surface area contributed by atoms with Gasteiger partial charge in [0.25, 0.3) is 0 Å². The Hall–Kier alpha value is -3.19. The lowest BCUT2D eigenvalue weighted by atomic mass is 10.0. The van der Waals surface area contributed by atoms with Crippen LogP contribution in [-0.4, -0.2) is 30.2 Å². The molecule has 158 valence electrons. The Labute approximate surface area is 185 Å². The molecule has 0 saturated carbocycles. The van der Waals surface area contributed by atoms with Gasteiger partial charge in [-0.3, -0.25) is 18.6 Å². The Morgan fingerprint density at radius 1 is 0.903 bits per heavy atom. The van der Waals surface area contributed by atoms with Gasteiger partial charge in [-0.15, -0.1) is 10.2 Å². The van der Waals surface area contributed by atoms with Crippen LogP contribution in [0.25, 0.3) is 11.3 Å². The van der Waals surface area contributed by atoms with E-state index in [1.165, 1.54) is 17.3 Å². The average molecular weight is 433 g/mol. The van der Waals surface area contributed by atoms with Crippen LogP contribution in [0.5, 0.6) is 0 Å². The molecule has 6 nitrogen and oxygen atoms in total. The van der Waals surface area contributed by atoms with Crippen LogP contribution < -0.4 is 5.56 Å². The van der Waals surface area contributed by atoms with Gasteiger partial charge in [0.2, 0.25) is 5.65 Å². The summed E-state index contributed by atoms with van der Waals surface area (Å²) in [5.41, 5.74) is 5.96. The second kappa shape index (κ2) is 8.15. The molecule has 1 atom stereocenters. The molecule has 0 aliphatic heterocycles. The minimum atomic E-state index is -0.364. The van der Waals surface area contributed by atoms with Crippen LogP contribution in [-0.2, 0) is 0 Å². The fourth-order valence-electron chi connectivity index (χ4n) is 3.37. The van der Waals surface area contributed by atoms with E-state index >= 15 is 0 Å². The molecule has 4 aromatic rings. The molecule has 31 heavy (non-hydrogen) atoms. The van der Waals surface area contributed by atoms with E-state index in [2.05, 4.69) is 10.2 Å². The van der Waals surface area contributed by atoms with Crippen LogP contribution in [0.4, 0.5) is 0 Å². The first-order valence-corrected chi connectivity index (χ1v) is 11.0.